The van der Waals surface area contributed by atoms with Gasteiger partial charge in [0.1, 0.15) is 11.9 Å². The molecule has 0 bridgehead atoms. The van der Waals surface area contributed by atoms with E-state index in [4.69, 9.17) is 0 Å². The molecule has 0 radical (unpaired) electrons. The predicted octanol–water partition coefficient (Wildman–Crippen LogP) is 2.47. The summed E-state index contributed by atoms with van der Waals surface area (Å²) >= 11 is 3.27. The molecule has 0 aliphatic carbocycles. The van der Waals surface area contributed by atoms with Crippen LogP contribution in [0.1, 0.15) is 20.3 Å². The van der Waals surface area contributed by atoms with Crippen LogP contribution in [0.4, 0.5) is 10.1 Å². The lowest BCUT2D eigenvalue weighted by Crippen LogP contribution is -2.48. The Morgan fingerprint density at radius 2 is 2.10 bits per heavy atom. The SMILES string of the molecule is CC(C)C1NC(=O)CCN(c2c(F)cccc2Br)C1=O. The van der Waals surface area contributed by atoms with Crippen LogP contribution in [0.5, 0.6) is 0 Å². The molecule has 1 fully saturated rings. The highest BCUT2D eigenvalue weighted by Gasteiger charge is 2.34. The molecule has 0 aromatic heterocycles. The van der Waals surface area contributed by atoms with Gasteiger partial charge in [0.15, 0.2) is 0 Å². The van der Waals surface area contributed by atoms with Crippen LogP contribution in [-0.4, -0.2) is 24.4 Å². The number of benzene rings is 1. The predicted molar refractivity (Wildman–Crippen MR) is 77.8 cm³/mol. The summed E-state index contributed by atoms with van der Waals surface area (Å²) in [5.74, 6) is -1.01. The Bertz CT molecular complexity index is 528. The van der Waals surface area contributed by atoms with Gasteiger partial charge in [-0.05, 0) is 34.0 Å². The van der Waals surface area contributed by atoms with Crippen molar-refractivity contribution >= 4 is 33.4 Å². The lowest BCUT2D eigenvalue weighted by Gasteiger charge is -2.27. The molecule has 1 heterocycles. The van der Waals surface area contributed by atoms with E-state index in [1.807, 2.05) is 13.8 Å². The molecule has 1 saturated heterocycles. The van der Waals surface area contributed by atoms with Crippen LogP contribution in [0.3, 0.4) is 0 Å². The fraction of sp³-hybridized carbons (Fsp3) is 0.429. The highest BCUT2D eigenvalue weighted by molar-refractivity contribution is 9.10. The van der Waals surface area contributed by atoms with Gasteiger partial charge in [-0.25, -0.2) is 4.39 Å². The number of nitrogens with zero attached hydrogens (tertiary/aromatic N) is 1. The highest BCUT2D eigenvalue weighted by Crippen LogP contribution is 2.31. The molecular weight excluding hydrogens is 327 g/mol. The van der Waals surface area contributed by atoms with E-state index in [9.17, 15) is 14.0 Å². The zero-order valence-electron chi connectivity index (χ0n) is 11.3. The molecule has 1 atom stereocenters. The molecule has 1 aromatic rings. The molecule has 0 spiro atoms. The van der Waals surface area contributed by atoms with E-state index in [1.165, 1.54) is 11.0 Å². The molecule has 4 nitrogen and oxygen atoms in total. The maximum atomic E-state index is 14.0. The summed E-state index contributed by atoms with van der Waals surface area (Å²) in [7, 11) is 0. The number of hydrogen-bond acceptors (Lipinski definition) is 2. The minimum atomic E-state index is -0.628. The van der Waals surface area contributed by atoms with Gasteiger partial charge in [-0.1, -0.05) is 19.9 Å². The van der Waals surface area contributed by atoms with E-state index in [1.54, 1.807) is 12.1 Å². The van der Waals surface area contributed by atoms with Gasteiger partial charge in [0.2, 0.25) is 11.8 Å². The van der Waals surface area contributed by atoms with Crippen molar-refractivity contribution in [3.63, 3.8) is 0 Å². The van der Waals surface area contributed by atoms with Crippen LogP contribution in [0.2, 0.25) is 0 Å². The molecule has 108 valence electrons. The van der Waals surface area contributed by atoms with E-state index >= 15 is 0 Å². The number of rotatable bonds is 2. The minimum Gasteiger partial charge on any atom is -0.344 e. The van der Waals surface area contributed by atoms with Crippen molar-refractivity contribution in [2.45, 2.75) is 26.3 Å². The summed E-state index contributed by atoms with van der Waals surface area (Å²) in [6.07, 6.45) is 0.162. The Hall–Kier alpha value is -1.43. The van der Waals surface area contributed by atoms with Gasteiger partial charge in [-0.15, -0.1) is 0 Å². The molecule has 20 heavy (non-hydrogen) atoms. The Morgan fingerprint density at radius 3 is 2.70 bits per heavy atom. The van der Waals surface area contributed by atoms with Crippen molar-refractivity contribution in [2.75, 3.05) is 11.4 Å². The molecule has 6 heteroatoms. The second-order valence-corrected chi connectivity index (χ2v) is 5.95. The van der Waals surface area contributed by atoms with Gasteiger partial charge in [0, 0.05) is 17.4 Å². The van der Waals surface area contributed by atoms with E-state index in [0.29, 0.717) is 4.47 Å². The average Bonchev–Trinajstić information content (AvgIpc) is 2.51. The molecule has 0 saturated carbocycles. The van der Waals surface area contributed by atoms with Crippen LogP contribution >= 0.6 is 15.9 Å². The fourth-order valence-corrected chi connectivity index (χ4v) is 2.78. The maximum absolute atomic E-state index is 14.0. The van der Waals surface area contributed by atoms with Crippen molar-refractivity contribution in [1.82, 2.24) is 5.32 Å². The topological polar surface area (TPSA) is 49.4 Å². The molecule has 1 N–H and O–H groups in total. The lowest BCUT2D eigenvalue weighted by molar-refractivity contribution is -0.126. The summed E-state index contributed by atoms with van der Waals surface area (Å²) in [4.78, 5) is 25.6. The molecule has 1 aliphatic rings. The summed E-state index contributed by atoms with van der Waals surface area (Å²) in [6, 6.07) is 3.92. The smallest absolute Gasteiger partial charge is 0.249 e. The second-order valence-electron chi connectivity index (χ2n) is 5.10. The molecule has 1 unspecified atom stereocenters. The molecule has 1 aliphatic heterocycles. The van der Waals surface area contributed by atoms with E-state index in [2.05, 4.69) is 21.2 Å². The van der Waals surface area contributed by atoms with Crippen molar-refractivity contribution in [1.29, 1.82) is 0 Å². The quantitative estimate of drug-likeness (QED) is 0.897. The standard InChI is InChI=1S/C14H16BrFN2O2/c1-8(2)12-14(20)18(7-6-11(19)17-12)13-9(15)4-3-5-10(13)16/h3-5,8,12H,6-7H2,1-2H3,(H,17,19). The Kier molecular flexibility index (Phi) is 4.42. The number of anilines is 1. The van der Waals surface area contributed by atoms with Crippen molar-refractivity contribution in [2.24, 2.45) is 5.92 Å². The average molecular weight is 343 g/mol. The largest absolute Gasteiger partial charge is 0.344 e. The van der Waals surface area contributed by atoms with Crippen LogP contribution in [0.15, 0.2) is 22.7 Å². The third-order valence-corrected chi connectivity index (χ3v) is 3.93. The first-order valence-corrected chi connectivity index (χ1v) is 7.26. The molecular formula is C14H16BrFN2O2. The first kappa shape index (κ1) is 15.0. The summed E-state index contributed by atoms with van der Waals surface area (Å²) < 4.78 is 14.5. The van der Waals surface area contributed by atoms with Crippen LogP contribution in [0, 0.1) is 11.7 Å². The van der Waals surface area contributed by atoms with E-state index in [0.717, 1.165) is 0 Å². The summed E-state index contributed by atoms with van der Waals surface area (Å²) in [5, 5.41) is 2.70. The molecule has 2 amide bonds. The third-order valence-electron chi connectivity index (χ3n) is 3.29. The first-order chi connectivity index (χ1) is 9.41. The normalized spacial score (nSPS) is 20.1. The van der Waals surface area contributed by atoms with Gasteiger partial charge in [-0.2, -0.15) is 0 Å². The Balaban J connectivity index is 2.44. The number of hydrogen-bond donors (Lipinski definition) is 1. The van der Waals surface area contributed by atoms with Crippen molar-refractivity contribution in [3.8, 4) is 0 Å². The van der Waals surface area contributed by atoms with Gasteiger partial charge >= 0.3 is 0 Å². The highest BCUT2D eigenvalue weighted by atomic mass is 79.9. The zero-order valence-corrected chi connectivity index (χ0v) is 12.9. The number of carbonyl (C=O) groups is 2. The molecule has 1 aromatic carbocycles. The minimum absolute atomic E-state index is 0.0578. The van der Waals surface area contributed by atoms with E-state index in [-0.39, 0.29) is 36.4 Å². The van der Waals surface area contributed by atoms with Gasteiger partial charge in [0.05, 0.1) is 5.69 Å². The number of carbonyl (C=O) groups excluding carboxylic acids is 2. The summed E-state index contributed by atoms with van der Waals surface area (Å²) in [5.41, 5.74) is 0.194. The monoisotopic (exact) mass is 342 g/mol. The van der Waals surface area contributed by atoms with Crippen molar-refractivity contribution < 1.29 is 14.0 Å². The van der Waals surface area contributed by atoms with E-state index < -0.39 is 11.9 Å². The zero-order chi connectivity index (χ0) is 14.9. The number of amides is 2. The van der Waals surface area contributed by atoms with Gasteiger partial charge in [-0.3, -0.25) is 9.59 Å². The van der Waals surface area contributed by atoms with Crippen LogP contribution < -0.4 is 10.2 Å². The lowest BCUT2D eigenvalue weighted by atomic mass is 10.0. The third kappa shape index (κ3) is 2.85. The summed E-state index contributed by atoms with van der Waals surface area (Å²) in [6.45, 7) is 3.87. The number of halogens is 2. The second kappa shape index (κ2) is 5.91. The number of nitrogens with one attached hydrogen (secondary N) is 1. The first-order valence-electron chi connectivity index (χ1n) is 6.46. The maximum Gasteiger partial charge on any atom is 0.249 e. The van der Waals surface area contributed by atoms with Crippen LogP contribution in [0.25, 0.3) is 0 Å². The van der Waals surface area contributed by atoms with Gasteiger partial charge < -0.3 is 10.2 Å². The Labute approximate surface area is 125 Å². The Morgan fingerprint density at radius 1 is 1.40 bits per heavy atom. The number of para-hydroxylation sites is 1. The van der Waals surface area contributed by atoms with Crippen LogP contribution in [-0.2, 0) is 9.59 Å². The fourth-order valence-electron chi connectivity index (χ4n) is 2.22. The van der Waals surface area contributed by atoms with Gasteiger partial charge in [0.25, 0.3) is 0 Å². The molecule has 2 rings (SSSR count). The van der Waals surface area contributed by atoms with Crippen molar-refractivity contribution in [3.05, 3.63) is 28.5 Å².